The standard InChI is InChI=1S/C11H12N2O2S/c1-8-7-16-10(12-8)4-6-13-5-2-3-9(13)11(14)15/h2-3,5,7H,4,6H2,1H3,(H,14,15). The summed E-state index contributed by atoms with van der Waals surface area (Å²) in [7, 11) is 0. The summed E-state index contributed by atoms with van der Waals surface area (Å²) in [5.41, 5.74) is 1.35. The molecule has 2 aromatic rings. The van der Waals surface area contributed by atoms with Crippen LogP contribution in [0.2, 0.25) is 0 Å². The van der Waals surface area contributed by atoms with E-state index >= 15 is 0 Å². The van der Waals surface area contributed by atoms with E-state index in [1.807, 2.05) is 12.3 Å². The van der Waals surface area contributed by atoms with Gasteiger partial charge >= 0.3 is 5.97 Å². The third-order valence-electron chi connectivity index (χ3n) is 2.28. The summed E-state index contributed by atoms with van der Waals surface area (Å²) in [4.78, 5) is 15.2. The molecule has 2 rings (SSSR count). The fourth-order valence-corrected chi connectivity index (χ4v) is 2.30. The van der Waals surface area contributed by atoms with E-state index in [9.17, 15) is 4.79 Å². The molecule has 0 amide bonds. The molecule has 4 nitrogen and oxygen atoms in total. The van der Waals surface area contributed by atoms with Crippen molar-refractivity contribution in [1.82, 2.24) is 9.55 Å². The van der Waals surface area contributed by atoms with Crippen molar-refractivity contribution in [2.45, 2.75) is 19.9 Å². The maximum Gasteiger partial charge on any atom is 0.352 e. The summed E-state index contributed by atoms with van der Waals surface area (Å²) in [6.07, 6.45) is 2.55. The number of rotatable bonds is 4. The lowest BCUT2D eigenvalue weighted by Gasteiger charge is -2.03. The van der Waals surface area contributed by atoms with Crippen molar-refractivity contribution in [2.75, 3.05) is 0 Å². The van der Waals surface area contributed by atoms with Gasteiger partial charge in [0.15, 0.2) is 0 Å². The lowest BCUT2D eigenvalue weighted by atomic mass is 10.4. The van der Waals surface area contributed by atoms with Gasteiger partial charge in [0.25, 0.3) is 0 Å². The van der Waals surface area contributed by atoms with Crippen LogP contribution in [0.15, 0.2) is 23.7 Å². The normalized spacial score (nSPS) is 10.6. The van der Waals surface area contributed by atoms with Crippen LogP contribution in [0.25, 0.3) is 0 Å². The van der Waals surface area contributed by atoms with Gasteiger partial charge in [-0.05, 0) is 19.1 Å². The van der Waals surface area contributed by atoms with Crippen molar-refractivity contribution in [3.8, 4) is 0 Å². The quantitative estimate of drug-likeness (QED) is 0.885. The van der Waals surface area contributed by atoms with Gasteiger partial charge in [-0.15, -0.1) is 11.3 Å². The average molecular weight is 236 g/mol. The predicted octanol–water partition coefficient (Wildman–Crippen LogP) is 2.19. The fourth-order valence-electron chi connectivity index (χ4n) is 1.54. The number of hydrogen-bond donors (Lipinski definition) is 1. The number of nitrogens with zero attached hydrogens (tertiary/aromatic N) is 2. The Balaban J connectivity index is 2.04. The second-order valence-electron chi connectivity index (χ2n) is 3.52. The Hall–Kier alpha value is -1.62. The lowest BCUT2D eigenvalue weighted by Crippen LogP contribution is -2.09. The van der Waals surface area contributed by atoms with E-state index in [0.717, 1.165) is 17.1 Å². The Labute approximate surface area is 97.2 Å². The smallest absolute Gasteiger partial charge is 0.352 e. The zero-order valence-electron chi connectivity index (χ0n) is 8.88. The molecule has 0 fully saturated rings. The number of thiazole rings is 1. The maximum atomic E-state index is 10.9. The minimum absolute atomic E-state index is 0.327. The molecule has 0 aromatic carbocycles. The van der Waals surface area contributed by atoms with Crippen molar-refractivity contribution in [1.29, 1.82) is 0 Å². The Morgan fingerprint density at radius 2 is 2.44 bits per heavy atom. The highest BCUT2D eigenvalue weighted by molar-refractivity contribution is 7.09. The van der Waals surface area contributed by atoms with Crippen molar-refractivity contribution >= 4 is 17.3 Å². The van der Waals surface area contributed by atoms with Crippen LogP contribution in [-0.2, 0) is 13.0 Å². The SMILES string of the molecule is Cc1csc(CCn2cccc2C(=O)O)n1. The maximum absolute atomic E-state index is 10.9. The number of carboxylic acids is 1. The van der Waals surface area contributed by atoms with Gasteiger partial charge < -0.3 is 9.67 Å². The summed E-state index contributed by atoms with van der Waals surface area (Å²) < 4.78 is 1.74. The Bertz CT molecular complexity index is 502. The molecule has 2 aromatic heterocycles. The summed E-state index contributed by atoms with van der Waals surface area (Å²) in [6.45, 7) is 2.61. The molecule has 0 aliphatic carbocycles. The number of hydrogen-bond acceptors (Lipinski definition) is 3. The molecule has 0 saturated heterocycles. The number of aryl methyl sites for hydroxylation is 3. The Morgan fingerprint density at radius 3 is 3.06 bits per heavy atom. The second-order valence-corrected chi connectivity index (χ2v) is 4.47. The molecule has 16 heavy (non-hydrogen) atoms. The lowest BCUT2D eigenvalue weighted by molar-refractivity contribution is 0.0685. The van der Waals surface area contributed by atoms with Crippen molar-refractivity contribution in [3.63, 3.8) is 0 Å². The topological polar surface area (TPSA) is 55.1 Å². The van der Waals surface area contributed by atoms with Gasteiger partial charge in [0.2, 0.25) is 0 Å². The van der Waals surface area contributed by atoms with Crippen LogP contribution < -0.4 is 0 Å². The van der Waals surface area contributed by atoms with E-state index in [0.29, 0.717) is 12.2 Å². The van der Waals surface area contributed by atoms with E-state index in [1.165, 1.54) is 0 Å². The van der Waals surface area contributed by atoms with E-state index in [2.05, 4.69) is 4.98 Å². The van der Waals surface area contributed by atoms with Gasteiger partial charge in [0.1, 0.15) is 5.69 Å². The highest BCUT2D eigenvalue weighted by Crippen LogP contribution is 2.11. The molecule has 0 spiro atoms. The molecule has 5 heteroatoms. The molecule has 0 radical (unpaired) electrons. The van der Waals surface area contributed by atoms with Crippen LogP contribution in [0.1, 0.15) is 21.2 Å². The van der Waals surface area contributed by atoms with E-state index < -0.39 is 5.97 Å². The number of carboxylic acid groups (broad SMARTS) is 1. The largest absolute Gasteiger partial charge is 0.477 e. The first-order chi connectivity index (χ1) is 7.66. The minimum Gasteiger partial charge on any atom is -0.477 e. The predicted molar refractivity (Wildman–Crippen MR) is 61.9 cm³/mol. The monoisotopic (exact) mass is 236 g/mol. The first-order valence-corrected chi connectivity index (χ1v) is 5.84. The molecular formula is C11H12N2O2S. The number of aromatic carboxylic acids is 1. The third-order valence-corrected chi connectivity index (χ3v) is 3.31. The molecule has 84 valence electrons. The van der Waals surface area contributed by atoms with Crippen molar-refractivity contribution in [3.05, 3.63) is 40.1 Å². The van der Waals surface area contributed by atoms with Crippen LogP contribution in [0.4, 0.5) is 0 Å². The first kappa shape index (κ1) is 10.9. The van der Waals surface area contributed by atoms with E-state index in [-0.39, 0.29) is 0 Å². The summed E-state index contributed by atoms with van der Waals surface area (Å²) in [5.74, 6) is -0.889. The highest BCUT2D eigenvalue weighted by atomic mass is 32.1. The summed E-state index contributed by atoms with van der Waals surface area (Å²) >= 11 is 1.61. The third kappa shape index (κ3) is 2.30. The Morgan fingerprint density at radius 1 is 1.62 bits per heavy atom. The molecule has 0 aliphatic rings. The molecule has 0 bridgehead atoms. The number of aromatic nitrogens is 2. The zero-order chi connectivity index (χ0) is 11.5. The van der Waals surface area contributed by atoms with Gasteiger partial charge in [-0.2, -0.15) is 0 Å². The zero-order valence-corrected chi connectivity index (χ0v) is 9.70. The molecule has 1 N–H and O–H groups in total. The summed E-state index contributed by atoms with van der Waals surface area (Å²) in [5, 5.41) is 12.0. The van der Waals surface area contributed by atoms with Crippen LogP contribution in [-0.4, -0.2) is 20.6 Å². The first-order valence-electron chi connectivity index (χ1n) is 4.96. The molecular weight excluding hydrogens is 224 g/mol. The second kappa shape index (κ2) is 4.49. The Kier molecular flexibility index (Phi) is 3.05. The fraction of sp³-hybridized carbons (Fsp3) is 0.273. The van der Waals surface area contributed by atoms with Crippen LogP contribution in [0.5, 0.6) is 0 Å². The molecule has 0 unspecified atom stereocenters. The van der Waals surface area contributed by atoms with Crippen molar-refractivity contribution in [2.24, 2.45) is 0 Å². The van der Waals surface area contributed by atoms with Crippen molar-refractivity contribution < 1.29 is 9.90 Å². The average Bonchev–Trinajstić information content (AvgIpc) is 2.83. The van der Waals surface area contributed by atoms with Gasteiger partial charge in [0, 0.05) is 30.2 Å². The molecule has 2 heterocycles. The van der Waals surface area contributed by atoms with E-state index in [1.54, 1.807) is 34.2 Å². The molecule has 0 atom stereocenters. The molecule has 0 aliphatic heterocycles. The van der Waals surface area contributed by atoms with E-state index in [4.69, 9.17) is 5.11 Å². The van der Waals surface area contributed by atoms with Crippen LogP contribution in [0.3, 0.4) is 0 Å². The van der Waals surface area contributed by atoms with Crippen LogP contribution >= 0.6 is 11.3 Å². The minimum atomic E-state index is -0.889. The molecule has 0 saturated carbocycles. The highest BCUT2D eigenvalue weighted by Gasteiger charge is 2.08. The van der Waals surface area contributed by atoms with Crippen LogP contribution in [0, 0.1) is 6.92 Å². The number of carbonyl (C=O) groups is 1. The van der Waals surface area contributed by atoms with Gasteiger partial charge in [-0.1, -0.05) is 0 Å². The van der Waals surface area contributed by atoms with Gasteiger partial charge in [-0.3, -0.25) is 0 Å². The van der Waals surface area contributed by atoms with Gasteiger partial charge in [-0.25, -0.2) is 9.78 Å². The summed E-state index contributed by atoms with van der Waals surface area (Å²) in [6, 6.07) is 3.35. The van der Waals surface area contributed by atoms with Gasteiger partial charge in [0.05, 0.1) is 5.01 Å².